The highest BCUT2D eigenvalue weighted by Crippen LogP contribution is 2.24. The summed E-state index contributed by atoms with van der Waals surface area (Å²) in [5, 5.41) is 9.47. The second kappa shape index (κ2) is 11.5. The van der Waals surface area contributed by atoms with E-state index in [9.17, 15) is 14.7 Å². The van der Waals surface area contributed by atoms with Crippen LogP contribution in [0.3, 0.4) is 0 Å². The van der Waals surface area contributed by atoms with Gasteiger partial charge in [-0.1, -0.05) is 82.0 Å². The Hall–Kier alpha value is -3.08. The number of hydrogen-bond donors (Lipinski definition) is 1. The highest BCUT2D eigenvalue weighted by Gasteiger charge is 2.13. The van der Waals surface area contributed by atoms with Crippen molar-refractivity contribution in [3.8, 4) is 11.1 Å². The molecule has 5 heteroatoms. The maximum Gasteiger partial charge on any atom is 0.336 e. The molecule has 0 aliphatic carbocycles. The molecule has 1 aromatic heterocycles. The number of carbonyl (C=O) groups is 1. The normalized spacial score (nSPS) is 11.1. The molecule has 32 heavy (non-hydrogen) atoms. The summed E-state index contributed by atoms with van der Waals surface area (Å²) in [5.41, 5.74) is 4.04. The van der Waals surface area contributed by atoms with Crippen molar-refractivity contribution in [2.45, 2.75) is 71.9 Å². The lowest BCUT2D eigenvalue weighted by molar-refractivity contribution is 0.0697. The zero-order valence-corrected chi connectivity index (χ0v) is 19.2. The van der Waals surface area contributed by atoms with Crippen molar-refractivity contribution in [3.63, 3.8) is 0 Å². The molecule has 0 spiro atoms. The maximum atomic E-state index is 13.1. The lowest BCUT2D eigenvalue weighted by Gasteiger charge is -2.10. The molecule has 0 unspecified atom stereocenters. The predicted octanol–water partition coefficient (Wildman–Crippen LogP) is 5.99. The van der Waals surface area contributed by atoms with Gasteiger partial charge >= 0.3 is 11.7 Å². The Bertz CT molecular complexity index is 1080. The quantitative estimate of drug-likeness (QED) is 0.356. The van der Waals surface area contributed by atoms with E-state index >= 15 is 0 Å². The van der Waals surface area contributed by atoms with Gasteiger partial charge in [0, 0.05) is 18.4 Å². The average Bonchev–Trinajstić information content (AvgIpc) is 3.10. The van der Waals surface area contributed by atoms with Gasteiger partial charge in [0.15, 0.2) is 0 Å². The molecule has 3 rings (SSSR count). The molecule has 0 saturated carbocycles. The van der Waals surface area contributed by atoms with Crippen LogP contribution in [0.25, 0.3) is 11.1 Å². The summed E-state index contributed by atoms with van der Waals surface area (Å²) in [6.07, 6.45) is 9.71. The number of hydrogen-bond acceptors (Lipinski definition) is 2. The number of unbranched alkanes of at least 4 members (excludes halogenated alkanes) is 4. The Labute approximate surface area is 190 Å². The predicted molar refractivity (Wildman–Crippen MR) is 129 cm³/mol. The third-order valence-corrected chi connectivity index (χ3v) is 5.93. The number of carboxylic acid groups (broad SMARTS) is 1. The maximum absolute atomic E-state index is 13.1. The van der Waals surface area contributed by atoms with E-state index in [0.717, 1.165) is 49.0 Å². The molecule has 0 aliphatic heterocycles. The van der Waals surface area contributed by atoms with Gasteiger partial charge in [0.05, 0.1) is 12.1 Å². The van der Waals surface area contributed by atoms with Gasteiger partial charge < -0.3 is 5.11 Å². The second-order valence-electron chi connectivity index (χ2n) is 8.39. The minimum absolute atomic E-state index is 0.0595. The van der Waals surface area contributed by atoms with Crippen LogP contribution in [0.5, 0.6) is 0 Å². The second-order valence-corrected chi connectivity index (χ2v) is 8.39. The highest BCUT2D eigenvalue weighted by molar-refractivity contribution is 5.95. The number of aryl methyl sites for hydroxylation is 2. The first-order valence-electron chi connectivity index (χ1n) is 11.8. The van der Waals surface area contributed by atoms with Crippen molar-refractivity contribution in [1.82, 2.24) is 9.13 Å². The van der Waals surface area contributed by atoms with E-state index in [1.807, 2.05) is 51.7 Å². The Kier molecular flexibility index (Phi) is 8.48. The lowest BCUT2D eigenvalue weighted by atomic mass is 9.99. The van der Waals surface area contributed by atoms with E-state index in [1.54, 1.807) is 12.1 Å². The van der Waals surface area contributed by atoms with Crippen molar-refractivity contribution in [2.75, 3.05) is 0 Å². The number of aromatic nitrogens is 2. The number of rotatable bonds is 12. The molecule has 0 bridgehead atoms. The third kappa shape index (κ3) is 5.78. The monoisotopic (exact) mass is 434 g/mol. The zero-order chi connectivity index (χ0) is 22.9. The highest BCUT2D eigenvalue weighted by atomic mass is 16.4. The van der Waals surface area contributed by atoms with Crippen molar-refractivity contribution in [3.05, 3.63) is 82.0 Å². The summed E-state index contributed by atoms with van der Waals surface area (Å²) in [6.45, 7) is 5.63. The molecule has 0 atom stereocenters. The fraction of sp³-hybridized carbons (Fsp3) is 0.407. The number of benzene rings is 2. The van der Waals surface area contributed by atoms with Crippen molar-refractivity contribution < 1.29 is 9.90 Å². The molecular weight excluding hydrogens is 400 g/mol. The third-order valence-electron chi connectivity index (χ3n) is 5.93. The lowest BCUT2D eigenvalue weighted by Crippen LogP contribution is -2.25. The van der Waals surface area contributed by atoms with E-state index < -0.39 is 5.97 Å². The van der Waals surface area contributed by atoms with E-state index in [0.29, 0.717) is 17.7 Å². The van der Waals surface area contributed by atoms with Gasteiger partial charge in [-0.15, -0.1) is 0 Å². The topological polar surface area (TPSA) is 64.2 Å². The Balaban J connectivity index is 1.83. The molecule has 0 amide bonds. The smallest absolute Gasteiger partial charge is 0.336 e. The van der Waals surface area contributed by atoms with Crippen LogP contribution in [0.2, 0.25) is 0 Å². The number of nitrogens with zero attached hydrogens (tertiary/aromatic N) is 2. The van der Waals surface area contributed by atoms with Gasteiger partial charge in [0.25, 0.3) is 0 Å². The van der Waals surface area contributed by atoms with Crippen molar-refractivity contribution >= 4 is 5.97 Å². The standard InChI is InChI=1S/C27H34N2O3/c1-3-5-7-8-11-23-20-28(18-6-4-2)27(32)29(23)19-21-14-16-22(17-15-21)24-12-9-10-13-25(24)26(30)31/h9-10,12-17,20H,3-8,11,18-19H2,1-2H3,(H,30,31). The molecule has 170 valence electrons. The fourth-order valence-electron chi connectivity index (χ4n) is 4.07. The molecule has 5 nitrogen and oxygen atoms in total. The molecule has 1 N–H and O–H groups in total. The van der Waals surface area contributed by atoms with Crippen LogP contribution >= 0.6 is 0 Å². The minimum Gasteiger partial charge on any atom is -0.478 e. The molecule has 3 aromatic rings. The van der Waals surface area contributed by atoms with Crippen LogP contribution in [-0.2, 0) is 19.5 Å². The first kappa shape index (κ1) is 23.6. The van der Waals surface area contributed by atoms with E-state index in [2.05, 4.69) is 13.8 Å². The number of imidazole rings is 1. The van der Waals surface area contributed by atoms with Crippen LogP contribution in [0, 0.1) is 0 Å². The van der Waals surface area contributed by atoms with Gasteiger partial charge in [-0.05, 0) is 42.0 Å². The van der Waals surface area contributed by atoms with Gasteiger partial charge in [-0.3, -0.25) is 9.13 Å². The Morgan fingerprint density at radius 2 is 1.62 bits per heavy atom. The summed E-state index contributed by atoms with van der Waals surface area (Å²) in [6, 6.07) is 14.9. The fourth-order valence-corrected chi connectivity index (χ4v) is 4.07. The number of carboxylic acids is 1. The molecule has 0 aliphatic rings. The van der Waals surface area contributed by atoms with Gasteiger partial charge in [-0.25, -0.2) is 9.59 Å². The summed E-state index contributed by atoms with van der Waals surface area (Å²) in [5.74, 6) is -0.933. The molecular formula is C27H34N2O3. The van der Waals surface area contributed by atoms with Crippen molar-refractivity contribution in [2.24, 2.45) is 0 Å². The summed E-state index contributed by atoms with van der Waals surface area (Å²) < 4.78 is 3.76. The summed E-state index contributed by atoms with van der Waals surface area (Å²) >= 11 is 0. The van der Waals surface area contributed by atoms with Crippen LogP contribution in [0.1, 0.15) is 74.0 Å². The summed E-state index contributed by atoms with van der Waals surface area (Å²) in [4.78, 5) is 24.6. The zero-order valence-electron chi connectivity index (χ0n) is 19.2. The first-order valence-corrected chi connectivity index (χ1v) is 11.8. The SMILES string of the molecule is CCCCCCc1cn(CCCC)c(=O)n1Cc1ccc(-c2ccccc2C(=O)O)cc1. The van der Waals surface area contributed by atoms with E-state index in [-0.39, 0.29) is 5.69 Å². The van der Waals surface area contributed by atoms with Crippen molar-refractivity contribution in [1.29, 1.82) is 0 Å². The van der Waals surface area contributed by atoms with E-state index in [4.69, 9.17) is 0 Å². The van der Waals surface area contributed by atoms with Gasteiger partial charge in [-0.2, -0.15) is 0 Å². The van der Waals surface area contributed by atoms with Gasteiger partial charge in [0.1, 0.15) is 0 Å². The average molecular weight is 435 g/mol. The van der Waals surface area contributed by atoms with Gasteiger partial charge in [0.2, 0.25) is 0 Å². The molecule has 0 fully saturated rings. The minimum atomic E-state index is -0.933. The largest absolute Gasteiger partial charge is 0.478 e. The van der Waals surface area contributed by atoms with E-state index in [1.165, 1.54) is 19.3 Å². The Morgan fingerprint density at radius 3 is 2.31 bits per heavy atom. The summed E-state index contributed by atoms with van der Waals surface area (Å²) in [7, 11) is 0. The van der Waals surface area contributed by atoms with Crippen LogP contribution in [0.4, 0.5) is 0 Å². The molecule has 2 aromatic carbocycles. The molecule has 0 radical (unpaired) electrons. The van der Waals surface area contributed by atoms with Crippen LogP contribution in [0.15, 0.2) is 59.5 Å². The van der Waals surface area contributed by atoms with Crippen LogP contribution < -0.4 is 5.69 Å². The molecule has 0 saturated heterocycles. The van der Waals surface area contributed by atoms with Crippen LogP contribution in [-0.4, -0.2) is 20.2 Å². The number of aromatic carboxylic acids is 1. The Morgan fingerprint density at radius 1 is 0.906 bits per heavy atom. The molecule has 1 heterocycles. The first-order chi connectivity index (χ1) is 15.5.